The maximum absolute atomic E-state index is 13.9. The van der Waals surface area contributed by atoms with Crippen molar-refractivity contribution in [1.82, 2.24) is 0 Å². The van der Waals surface area contributed by atoms with Crippen LogP contribution in [0.4, 0.5) is 10.1 Å². The van der Waals surface area contributed by atoms with E-state index in [1.807, 2.05) is 6.07 Å². The van der Waals surface area contributed by atoms with Crippen molar-refractivity contribution in [1.29, 1.82) is 0 Å². The largest absolute Gasteiger partial charge is 0.389 e. The number of benzene rings is 1. The summed E-state index contributed by atoms with van der Waals surface area (Å²) in [4.78, 5) is 2.35. The van der Waals surface area contributed by atoms with Crippen molar-refractivity contribution in [2.75, 3.05) is 18.0 Å². The quantitative estimate of drug-likeness (QED) is 0.856. The minimum Gasteiger partial charge on any atom is -0.389 e. The van der Waals surface area contributed by atoms with E-state index in [2.05, 4.69) is 11.8 Å². The van der Waals surface area contributed by atoms with Crippen LogP contribution in [0.25, 0.3) is 0 Å². The average Bonchev–Trinajstić information content (AvgIpc) is 2.39. The predicted molar refractivity (Wildman–Crippen MR) is 82.1 cm³/mol. The molecule has 1 saturated heterocycles. The zero-order valence-electron chi connectivity index (χ0n) is 11.4. The van der Waals surface area contributed by atoms with Gasteiger partial charge in [-0.25, -0.2) is 4.39 Å². The van der Waals surface area contributed by atoms with Gasteiger partial charge >= 0.3 is 0 Å². The van der Waals surface area contributed by atoms with Crippen LogP contribution >= 0.6 is 12.2 Å². The van der Waals surface area contributed by atoms with Crippen molar-refractivity contribution in [2.24, 2.45) is 11.7 Å². The lowest BCUT2D eigenvalue weighted by atomic mass is 9.92. The molecule has 1 aliphatic heterocycles. The van der Waals surface area contributed by atoms with Crippen molar-refractivity contribution < 1.29 is 4.39 Å². The first kappa shape index (κ1) is 14.3. The second-order valence-corrected chi connectivity index (χ2v) is 5.66. The topological polar surface area (TPSA) is 29.3 Å². The van der Waals surface area contributed by atoms with Gasteiger partial charge in [0.1, 0.15) is 10.8 Å². The minimum absolute atomic E-state index is 0.142. The first-order valence-corrected chi connectivity index (χ1v) is 7.37. The third kappa shape index (κ3) is 3.24. The monoisotopic (exact) mass is 280 g/mol. The lowest BCUT2D eigenvalue weighted by molar-refractivity contribution is 0.378. The van der Waals surface area contributed by atoms with Crippen molar-refractivity contribution in [3.05, 3.63) is 29.6 Å². The molecule has 0 radical (unpaired) electrons. The SMILES string of the molecule is CCCC1CCN(c2cccc(F)c2C(N)=S)CC1. The Labute approximate surface area is 119 Å². The summed E-state index contributed by atoms with van der Waals surface area (Å²) in [5.41, 5.74) is 6.91. The number of thiocarbonyl (C=S) groups is 1. The highest BCUT2D eigenvalue weighted by Crippen LogP contribution is 2.29. The number of halogens is 1. The van der Waals surface area contributed by atoms with Gasteiger partial charge in [0.15, 0.2) is 0 Å². The van der Waals surface area contributed by atoms with Gasteiger partial charge in [0.2, 0.25) is 0 Å². The van der Waals surface area contributed by atoms with Gasteiger partial charge in [-0.2, -0.15) is 0 Å². The lowest BCUT2D eigenvalue weighted by Gasteiger charge is -2.34. The fraction of sp³-hybridized carbons (Fsp3) is 0.533. The molecule has 0 bridgehead atoms. The van der Waals surface area contributed by atoms with E-state index < -0.39 is 0 Å². The van der Waals surface area contributed by atoms with Crippen LogP contribution in [-0.2, 0) is 0 Å². The maximum atomic E-state index is 13.9. The van der Waals surface area contributed by atoms with Crippen molar-refractivity contribution >= 4 is 22.9 Å². The Kier molecular flexibility index (Phi) is 4.75. The summed E-state index contributed by atoms with van der Waals surface area (Å²) in [6.45, 7) is 4.15. The summed E-state index contributed by atoms with van der Waals surface area (Å²) < 4.78 is 13.9. The molecule has 104 valence electrons. The molecule has 2 nitrogen and oxygen atoms in total. The summed E-state index contributed by atoms with van der Waals surface area (Å²) >= 11 is 4.98. The van der Waals surface area contributed by atoms with Gasteiger partial charge < -0.3 is 10.6 Å². The number of hydrogen-bond donors (Lipinski definition) is 1. The second-order valence-electron chi connectivity index (χ2n) is 5.22. The van der Waals surface area contributed by atoms with Crippen LogP contribution in [-0.4, -0.2) is 18.1 Å². The Morgan fingerprint density at radius 2 is 2.11 bits per heavy atom. The number of nitrogens with zero attached hydrogens (tertiary/aromatic N) is 1. The van der Waals surface area contributed by atoms with Crippen LogP contribution in [0.1, 0.15) is 38.2 Å². The molecule has 0 atom stereocenters. The third-order valence-electron chi connectivity index (χ3n) is 3.89. The molecule has 2 rings (SSSR count). The standard InChI is InChI=1S/C15H21FN2S/c1-2-4-11-7-9-18(10-8-11)13-6-3-5-12(16)14(13)15(17)19/h3,5-6,11H,2,4,7-10H2,1H3,(H2,17,19). The summed E-state index contributed by atoms with van der Waals surface area (Å²) in [5, 5.41) is 0. The fourth-order valence-corrected chi connectivity index (χ4v) is 3.09. The van der Waals surface area contributed by atoms with E-state index in [1.165, 1.54) is 31.7 Å². The zero-order chi connectivity index (χ0) is 13.8. The molecule has 0 aromatic heterocycles. The summed E-state index contributed by atoms with van der Waals surface area (Å²) in [7, 11) is 0. The first-order valence-electron chi connectivity index (χ1n) is 6.96. The summed E-state index contributed by atoms with van der Waals surface area (Å²) in [5.74, 6) is 0.490. The Hall–Kier alpha value is -1.16. The van der Waals surface area contributed by atoms with Crippen LogP contribution in [0.3, 0.4) is 0 Å². The van der Waals surface area contributed by atoms with Gasteiger partial charge in [-0.05, 0) is 30.9 Å². The second kappa shape index (κ2) is 6.33. The van der Waals surface area contributed by atoms with E-state index in [4.69, 9.17) is 18.0 Å². The molecule has 0 unspecified atom stereocenters. The molecular formula is C15H21FN2S. The molecule has 0 saturated carbocycles. The molecule has 4 heteroatoms. The third-order valence-corrected chi connectivity index (χ3v) is 4.09. The number of anilines is 1. The van der Waals surface area contributed by atoms with E-state index in [0.29, 0.717) is 5.56 Å². The van der Waals surface area contributed by atoms with E-state index in [0.717, 1.165) is 24.7 Å². The summed E-state index contributed by atoms with van der Waals surface area (Å²) in [6.07, 6.45) is 4.87. The van der Waals surface area contributed by atoms with Gasteiger partial charge in [0, 0.05) is 18.8 Å². The molecule has 1 fully saturated rings. The van der Waals surface area contributed by atoms with E-state index in [9.17, 15) is 4.39 Å². The van der Waals surface area contributed by atoms with Gasteiger partial charge in [-0.15, -0.1) is 0 Å². The number of rotatable bonds is 4. The number of nitrogens with two attached hydrogens (primary N) is 1. The highest BCUT2D eigenvalue weighted by molar-refractivity contribution is 7.80. The van der Waals surface area contributed by atoms with Gasteiger partial charge in [-0.1, -0.05) is 38.0 Å². The average molecular weight is 280 g/mol. The molecule has 0 aliphatic carbocycles. The zero-order valence-corrected chi connectivity index (χ0v) is 12.2. The molecule has 1 aliphatic rings. The number of piperidine rings is 1. The Bertz CT molecular complexity index is 453. The predicted octanol–water partition coefficient (Wildman–Crippen LogP) is 3.48. The molecule has 2 N–H and O–H groups in total. The Morgan fingerprint density at radius 1 is 1.42 bits per heavy atom. The van der Waals surface area contributed by atoms with E-state index in [-0.39, 0.29) is 10.8 Å². The van der Waals surface area contributed by atoms with Crippen LogP contribution in [0.15, 0.2) is 18.2 Å². The van der Waals surface area contributed by atoms with Gasteiger partial charge in [-0.3, -0.25) is 0 Å². The molecule has 1 aromatic rings. The summed E-state index contributed by atoms with van der Waals surface area (Å²) in [6, 6.07) is 5.06. The Morgan fingerprint density at radius 3 is 2.68 bits per heavy atom. The van der Waals surface area contributed by atoms with Crippen LogP contribution in [0, 0.1) is 11.7 Å². The normalized spacial score (nSPS) is 16.6. The van der Waals surface area contributed by atoms with E-state index >= 15 is 0 Å². The van der Waals surface area contributed by atoms with E-state index in [1.54, 1.807) is 6.07 Å². The minimum atomic E-state index is -0.319. The Balaban J connectivity index is 2.15. The first-order chi connectivity index (χ1) is 9.13. The van der Waals surface area contributed by atoms with Gasteiger partial charge in [0.05, 0.1) is 5.56 Å². The highest BCUT2D eigenvalue weighted by Gasteiger charge is 2.22. The van der Waals surface area contributed by atoms with Crippen LogP contribution in [0.5, 0.6) is 0 Å². The van der Waals surface area contributed by atoms with Crippen molar-refractivity contribution in [2.45, 2.75) is 32.6 Å². The molecule has 1 heterocycles. The van der Waals surface area contributed by atoms with Gasteiger partial charge in [0.25, 0.3) is 0 Å². The van der Waals surface area contributed by atoms with Crippen molar-refractivity contribution in [3.8, 4) is 0 Å². The molecule has 1 aromatic carbocycles. The lowest BCUT2D eigenvalue weighted by Crippen LogP contribution is -2.35. The van der Waals surface area contributed by atoms with Crippen molar-refractivity contribution in [3.63, 3.8) is 0 Å². The highest BCUT2D eigenvalue weighted by atomic mass is 32.1. The molecular weight excluding hydrogens is 259 g/mol. The maximum Gasteiger partial charge on any atom is 0.135 e. The smallest absolute Gasteiger partial charge is 0.135 e. The fourth-order valence-electron chi connectivity index (χ4n) is 2.89. The molecule has 0 spiro atoms. The van der Waals surface area contributed by atoms with Crippen LogP contribution < -0.4 is 10.6 Å². The molecule has 0 amide bonds. The van der Waals surface area contributed by atoms with Crippen LogP contribution in [0.2, 0.25) is 0 Å². The number of hydrogen-bond acceptors (Lipinski definition) is 2. The molecule has 19 heavy (non-hydrogen) atoms.